The van der Waals surface area contributed by atoms with Crippen molar-refractivity contribution in [3.63, 3.8) is 0 Å². The fourth-order valence-electron chi connectivity index (χ4n) is 15.4. The summed E-state index contributed by atoms with van der Waals surface area (Å²) in [4.78, 5) is 9.45. The molecule has 0 aliphatic rings. The number of nitrogens with zero attached hydrogens (tertiary/aromatic N) is 4. The third-order valence-corrected chi connectivity index (χ3v) is 20.7. The Bertz CT molecular complexity index is 6200. The summed E-state index contributed by atoms with van der Waals surface area (Å²) in [5.41, 5.74) is 23.0. The SMILES string of the molecule is Cc1ccccc1N(c1ccccc1)c1ccc2cc3c(cc2c1)oc1cc2cc(N(c4cccc(CC(C)c5ccc(N(c6ccccc6)c6ccc7cc8c(cc7c6)oc6cc7cc(N(c9ccccc9)c9ccc(C(C)C)cc9)ccc7cc68)cc5)c4)c4ccccc4C)ccc2cc13. The molecule has 6 heteroatoms. The minimum Gasteiger partial charge on any atom is -0.456 e. The third kappa shape index (κ3) is 11.4. The summed E-state index contributed by atoms with van der Waals surface area (Å²) in [7, 11) is 0. The van der Waals surface area contributed by atoms with Gasteiger partial charge in [-0.3, -0.25) is 0 Å². The van der Waals surface area contributed by atoms with E-state index >= 15 is 0 Å². The Morgan fingerprint density at radius 3 is 0.931 bits per heavy atom. The van der Waals surface area contributed by atoms with Crippen LogP contribution in [0.15, 0.2) is 342 Å². The molecule has 0 spiro atoms. The van der Waals surface area contributed by atoms with Crippen LogP contribution in [0.3, 0.4) is 0 Å². The van der Waals surface area contributed by atoms with Gasteiger partial charge in [-0.05, 0) is 285 Å². The van der Waals surface area contributed by atoms with Gasteiger partial charge in [-0.2, -0.15) is 0 Å². The normalized spacial score (nSPS) is 12.1. The van der Waals surface area contributed by atoms with E-state index in [1.54, 1.807) is 0 Å². The summed E-state index contributed by atoms with van der Waals surface area (Å²) < 4.78 is 13.6. The molecule has 6 nitrogen and oxygen atoms in total. The molecule has 2 aromatic heterocycles. The molecule has 18 aromatic rings. The highest BCUT2D eigenvalue weighted by atomic mass is 16.3. The fraction of sp³-hybridized carbons (Fsp3) is 0.0833. The molecule has 1 atom stereocenters. The molecule has 2 heterocycles. The Kier molecular flexibility index (Phi) is 15.5. The highest BCUT2D eigenvalue weighted by Gasteiger charge is 2.23. The van der Waals surface area contributed by atoms with Crippen molar-refractivity contribution in [2.24, 2.45) is 0 Å². The Hall–Kier alpha value is -12.6. The van der Waals surface area contributed by atoms with Crippen LogP contribution in [0.25, 0.3) is 87.0 Å². The predicted octanol–water partition coefficient (Wildman–Crippen LogP) is 28.1. The number of benzene rings is 16. The Morgan fingerprint density at radius 1 is 0.245 bits per heavy atom. The van der Waals surface area contributed by atoms with Gasteiger partial charge in [-0.25, -0.2) is 0 Å². The van der Waals surface area contributed by atoms with Gasteiger partial charge in [0, 0.05) is 89.8 Å². The van der Waals surface area contributed by atoms with E-state index in [9.17, 15) is 0 Å². The smallest absolute Gasteiger partial charge is 0.136 e. The lowest BCUT2D eigenvalue weighted by Crippen LogP contribution is -2.12. The molecular weight excluding hydrogens is 1240 g/mol. The lowest BCUT2D eigenvalue weighted by atomic mass is 9.93. The first-order valence-electron chi connectivity index (χ1n) is 35.5. The summed E-state index contributed by atoms with van der Waals surface area (Å²) in [5.74, 6) is 0.699. The summed E-state index contributed by atoms with van der Waals surface area (Å²) in [6, 6.07) is 122. The van der Waals surface area contributed by atoms with Gasteiger partial charge in [0.15, 0.2) is 0 Å². The van der Waals surface area contributed by atoms with Crippen LogP contribution in [0.1, 0.15) is 60.4 Å². The van der Waals surface area contributed by atoms with Gasteiger partial charge in [0.1, 0.15) is 22.3 Å². The van der Waals surface area contributed by atoms with Crippen molar-refractivity contribution in [3.8, 4) is 0 Å². The highest BCUT2D eigenvalue weighted by molar-refractivity contribution is 6.16. The molecule has 0 aliphatic heterocycles. The standard InChI is InChI=1S/C96H74N4O2/c1-62(2)67-32-40-80(41-33-67)97(77-23-9-6-10-24-77)83-44-36-69-54-87-88-55-70-37-45-84(51-74(70)59-94(88)101-93(87)58-73(69)50-83)98(78-25-11-7-12-26-78)81-42-34-68(35-43-81)65(5)48-66-22-19-29-82(49-66)100(92-31-18-16-21-64(92)4)86-47-39-72-57-90-89-56-71-38-46-85(52-75(71)60-95(89)102-96(90)61-76(72)53-86)99(79-27-13-8-14-28-79)91-30-17-15-20-63(91)3/h6-47,49-62,65H,48H2,1-5H3. The molecule has 0 saturated carbocycles. The topological polar surface area (TPSA) is 39.2 Å². The quantitative estimate of drug-likeness (QED) is 0.0960. The number of hydrogen-bond acceptors (Lipinski definition) is 6. The van der Waals surface area contributed by atoms with E-state index in [1.807, 2.05) is 0 Å². The van der Waals surface area contributed by atoms with Crippen LogP contribution in [0.4, 0.5) is 68.2 Å². The van der Waals surface area contributed by atoms with E-state index in [0.29, 0.717) is 5.92 Å². The number of anilines is 12. The minimum absolute atomic E-state index is 0.239. The molecule has 18 rings (SSSR count). The van der Waals surface area contributed by atoms with Crippen molar-refractivity contribution in [3.05, 3.63) is 361 Å². The van der Waals surface area contributed by atoms with Gasteiger partial charge in [-0.1, -0.05) is 172 Å². The minimum atomic E-state index is 0.239. The zero-order valence-corrected chi connectivity index (χ0v) is 57.7. The fourth-order valence-corrected chi connectivity index (χ4v) is 15.4. The van der Waals surface area contributed by atoms with E-state index in [0.717, 1.165) is 151 Å². The first-order valence-corrected chi connectivity index (χ1v) is 35.5. The zero-order chi connectivity index (χ0) is 68.5. The van der Waals surface area contributed by atoms with E-state index in [-0.39, 0.29) is 5.92 Å². The lowest BCUT2D eigenvalue weighted by molar-refractivity contribution is 0.669. The molecule has 0 aliphatic carbocycles. The number of aryl methyl sites for hydroxylation is 2. The Balaban J connectivity index is 0.621. The molecule has 0 saturated heterocycles. The molecule has 0 fully saturated rings. The van der Waals surface area contributed by atoms with Crippen molar-refractivity contribution in [2.45, 2.75) is 52.9 Å². The molecule has 102 heavy (non-hydrogen) atoms. The van der Waals surface area contributed by atoms with Gasteiger partial charge >= 0.3 is 0 Å². The van der Waals surface area contributed by atoms with Crippen LogP contribution >= 0.6 is 0 Å². The Labute approximate surface area is 594 Å². The van der Waals surface area contributed by atoms with Crippen LogP contribution in [0.5, 0.6) is 0 Å². The second kappa shape index (κ2) is 25.6. The molecule has 16 aromatic carbocycles. The third-order valence-electron chi connectivity index (χ3n) is 20.7. The predicted molar refractivity (Wildman–Crippen MR) is 432 cm³/mol. The number of para-hydroxylation sites is 5. The van der Waals surface area contributed by atoms with E-state index < -0.39 is 0 Å². The van der Waals surface area contributed by atoms with E-state index in [2.05, 4.69) is 388 Å². The average molecular weight is 1320 g/mol. The number of furan rings is 2. The van der Waals surface area contributed by atoms with Crippen molar-refractivity contribution in [1.29, 1.82) is 0 Å². The first-order chi connectivity index (χ1) is 50.0. The molecule has 490 valence electrons. The molecule has 0 bridgehead atoms. The van der Waals surface area contributed by atoms with Crippen molar-refractivity contribution in [2.75, 3.05) is 19.6 Å². The monoisotopic (exact) mass is 1310 g/mol. The first kappa shape index (κ1) is 61.7. The van der Waals surface area contributed by atoms with Crippen LogP contribution in [0.2, 0.25) is 0 Å². The average Bonchev–Trinajstić information content (AvgIpc) is 1.56. The zero-order valence-electron chi connectivity index (χ0n) is 57.7. The maximum Gasteiger partial charge on any atom is 0.136 e. The van der Waals surface area contributed by atoms with Crippen molar-refractivity contribution < 1.29 is 8.83 Å². The van der Waals surface area contributed by atoms with Gasteiger partial charge < -0.3 is 28.4 Å². The van der Waals surface area contributed by atoms with E-state index in [4.69, 9.17) is 8.83 Å². The number of hydrogen-bond donors (Lipinski definition) is 0. The van der Waals surface area contributed by atoms with Gasteiger partial charge in [0.05, 0.1) is 0 Å². The van der Waals surface area contributed by atoms with Crippen LogP contribution in [-0.4, -0.2) is 0 Å². The molecular formula is C96H74N4O2. The van der Waals surface area contributed by atoms with Crippen LogP contribution < -0.4 is 19.6 Å². The molecule has 1 unspecified atom stereocenters. The summed E-state index contributed by atoms with van der Waals surface area (Å²) >= 11 is 0. The molecule has 0 N–H and O–H groups in total. The summed E-state index contributed by atoms with van der Waals surface area (Å²) in [6.45, 7) is 11.2. The second-order valence-corrected chi connectivity index (χ2v) is 27.8. The van der Waals surface area contributed by atoms with Gasteiger partial charge in [0.2, 0.25) is 0 Å². The maximum atomic E-state index is 6.83. The number of fused-ring (bicyclic) bond motifs is 10. The van der Waals surface area contributed by atoms with E-state index in [1.165, 1.54) is 38.6 Å². The van der Waals surface area contributed by atoms with Crippen molar-refractivity contribution in [1.82, 2.24) is 0 Å². The van der Waals surface area contributed by atoms with Crippen LogP contribution in [0, 0.1) is 13.8 Å². The van der Waals surface area contributed by atoms with Crippen molar-refractivity contribution >= 4 is 155 Å². The second-order valence-electron chi connectivity index (χ2n) is 27.8. The van der Waals surface area contributed by atoms with Gasteiger partial charge in [-0.15, -0.1) is 0 Å². The molecule has 0 amide bonds. The lowest BCUT2D eigenvalue weighted by Gasteiger charge is -2.28. The molecule has 0 radical (unpaired) electrons. The number of rotatable bonds is 16. The van der Waals surface area contributed by atoms with Gasteiger partial charge in [0.25, 0.3) is 0 Å². The summed E-state index contributed by atoms with van der Waals surface area (Å²) in [6.07, 6.45) is 0.867. The Morgan fingerprint density at radius 2 is 0.549 bits per heavy atom. The summed E-state index contributed by atoms with van der Waals surface area (Å²) in [5, 5.41) is 13.6. The maximum absolute atomic E-state index is 6.83. The highest BCUT2D eigenvalue weighted by Crippen LogP contribution is 2.46. The largest absolute Gasteiger partial charge is 0.456 e. The van der Waals surface area contributed by atoms with Crippen LogP contribution in [-0.2, 0) is 6.42 Å².